The quantitative estimate of drug-likeness (QED) is 0.584. The second-order valence-corrected chi connectivity index (χ2v) is 6.37. The molecule has 2 N–H and O–H groups in total. The number of carbonyl (C=O) groups excluding carboxylic acids is 3. The predicted molar refractivity (Wildman–Crippen MR) is 96.2 cm³/mol. The van der Waals surface area contributed by atoms with E-state index in [-0.39, 0.29) is 33.7 Å². The number of halogens is 2. The minimum Gasteiger partial charge on any atom is -0.545 e. The Kier molecular flexibility index (Phi) is 5.34. The Bertz CT molecular complexity index is 947. The number of aromatic carboxylic acids is 1. The van der Waals surface area contributed by atoms with E-state index in [0.717, 1.165) is 0 Å². The molecule has 0 aliphatic carbocycles. The summed E-state index contributed by atoms with van der Waals surface area (Å²) in [6.45, 7) is 0.117. The molecule has 1 heterocycles. The van der Waals surface area contributed by atoms with Crippen molar-refractivity contribution in [3.8, 4) is 5.75 Å². The van der Waals surface area contributed by atoms with Crippen LogP contribution in [-0.2, 0) is 11.4 Å². The summed E-state index contributed by atoms with van der Waals surface area (Å²) in [5.74, 6) is -1.57. The van der Waals surface area contributed by atoms with Crippen molar-refractivity contribution in [1.29, 1.82) is 0 Å². The lowest BCUT2D eigenvalue weighted by Crippen LogP contribution is -2.22. The predicted octanol–water partition coefficient (Wildman–Crippen LogP) is 2.12. The van der Waals surface area contributed by atoms with Crippen molar-refractivity contribution in [1.82, 2.24) is 10.6 Å². The van der Waals surface area contributed by atoms with Crippen molar-refractivity contribution in [2.75, 3.05) is 0 Å². The summed E-state index contributed by atoms with van der Waals surface area (Å²) in [5.41, 5.74) is 1.36. The normalized spacial score (nSPS) is 14.8. The van der Waals surface area contributed by atoms with Crippen LogP contribution in [0.3, 0.4) is 0 Å². The number of carboxylic acid groups (broad SMARTS) is 1. The number of carboxylic acids is 1. The first-order chi connectivity index (χ1) is 12.8. The monoisotopic (exact) mass is 405 g/mol. The molecule has 3 amide bonds. The number of hydrogen-bond acceptors (Lipinski definition) is 5. The van der Waals surface area contributed by atoms with E-state index < -0.39 is 17.9 Å². The standard InChI is InChI=1S/C18H12Cl2N2O5/c19-12-5-10(7-14-16(23)22-18(26)21-14)6-13(20)15(12)27-8-9-1-3-11(4-2-9)17(24)25/h1-7H,8H2,(H,24,25)(H2,21,22,23,26)/p-1/b14-7+. The van der Waals surface area contributed by atoms with Gasteiger partial charge in [0.1, 0.15) is 12.3 Å². The molecule has 0 spiro atoms. The smallest absolute Gasteiger partial charge is 0.326 e. The SMILES string of the molecule is O=C1NC(=O)/C(=C\c2cc(Cl)c(OCc3ccc(C(=O)[O-])cc3)c(Cl)c2)N1. The number of nitrogens with one attached hydrogen (secondary N) is 2. The van der Waals surface area contributed by atoms with Gasteiger partial charge in [0.15, 0.2) is 5.75 Å². The molecule has 1 fully saturated rings. The summed E-state index contributed by atoms with van der Waals surface area (Å²) in [5, 5.41) is 15.6. The Morgan fingerprint density at radius 3 is 2.22 bits per heavy atom. The minimum atomic E-state index is -1.26. The van der Waals surface area contributed by atoms with Crippen molar-refractivity contribution >= 4 is 47.2 Å². The molecule has 1 aliphatic rings. The van der Waals surface area contributed by atoms with E-state index in [1.54, 1.807) is 12.1 Å². The van der Waals surface area contributed by atoms with E-state index in [1.807, 2.05) is 0 Å². The highest BCUT2D eigenvalue weighted by Gasteiger charge is 2.23. The fraction of sp³-hybridized carbons (Fsp3) is 0.0556. The zero-order valence-corrected chi connectivity index (χ0v) is 15.1. The molecular formula is C18H11Cl2N2O5-. The third kappa shape index (κ3) is 4.39. The van der Waals surface area contributed by atoms with Crippen molar-refractivity contribution in [2.45, 2.75) is 6.61 Å². The van der Waals surface area contributed by atoms with Crippen molar-refractivity contribution in [2.24, 2.45) is 0 Å². The third-order valence-electron chi connectivity index (χ3n) is 3.62. The van der Waals surface area contributed by atoms with Gasteiger partial charge in [-0.25, -0.2) is 4.79 Å². The lowest BCUT2D eigenvalue weighted by molar-refractivity contribution is -0.255. The molecule has 1 saturated heterocycles. The molecule has 0 radical (unpaired) electrons. The number of rotatable bonds is 5. The molecule has 1 aliphatic heterocycles. The molecule has 0 aromatic heterocycles. The van der Waals surface area contributed by atoms with E-state index in [4.69, 9.17) is 27.9 Å². The summed E-state index contributed by atoms with van der Waals surface area (Å²) in [6.07, 6.45) is 1.43. The number of hydrogen-bond donors (Lipinski definition) is 2. The first-order valence-electron chi connectivity index (χ1n) is 7.59. The van der Waals surface area contributed by atoms with Gasteiger partial charge in [-0.3, -0.25) is 10.1 Å². The van der Waals surface area contributed by atoms with Gasteiger partial charge in [0, 0.05) is 0 Å². The topological polar surface area (TPSA) is 108 Å². The van der Waals surface area contributed by atoms with Gasteiger partial charge in [0.25, 0.3) is 5.91 Å². The number of imide groups is 1. The van der Waals surface area contributed by atoms with Gasteiger partial charge in [0.2, 0.25) is 0 Å². The molecule has 3 rings (SSSR count). The molecule has 9 heteroatoms. The largest absolute Gasteiger partial charge is 0.545 e. The Balaban J connectivity index is 1.75. The maximum Gasteiger partial charge on any atom is 0.326 e. The molecule has 27 heavy (non-hydrogen) atoms. The summed E-state index contributed by atoms with van der Waals surface area (Å²) in [7, 11) is 0. The zero-order chi connectivity index (χ0) is 19.6. The molecule has 0 unspecified atom stereocenters. The molecular weight excluding hydrogens is 395 g/mol. The Morgan fingerprint density at radius 2 is 1.70 bits per heavy atom. The number of carbonyl (C=O) groups is 3. The molecule has 2 aromatic rings. The average Bonchev–Trinajstić information content (AvgIpc) is 2.91. The first kappa shape index (κ1) is 18.8. The van der Waals surface area contributed by atoms with Gasteiger partial charge in [-0.05, 0) is 34.9 Å². The van der Waals surface area contributed by atoms with Crippen LogP contribution < -0.4 is 20.5 Å². The van der Waals surface area contributed by atoms with Crippen LogP contribution in [0.1, 0.15) is 21.5 Å². The average molecular weight is 406 g/mol. The van der Waals surface area contributed by atoms with E-state index in [2.05, 4.69) is 10.6 Å². The number of ether oxygens (including phenoxy) is 1. The maximum atomic E-state index is 11.6. The summed E-state index contributed by atoms with van der Waals surface area (Å²) in [6, 6.07) is 8.47. The van der Waals surface area contributed by atoms with Crippen LogP contribution in [0.4, 0.5) is 4.79 Å². The lowest BCUT2D eigenvalue weighted by atomic mass is 10.1. The zero-order valence-electron chi connectivity index (χ0n) is 13.5. The highest BCUT2D eigenvalue weighted by Crippen LogP contribution is 2.35. The van der Waals surface area contributed by atoms with Gasteiger partial charge in [-0.1, -0.05) is 47.5 Å². The number of benzene rings is 2. The lowest BCUT2D eigenvalue weighted by Gasteiger charge is -2.12. The van der Waals surface area contributed by atoms with Gasteiger partial charge in [0.05, 0.1) is 16.0 Å². The van der Waals surface area contributed by atoms with Gasteiger partial charge in [-0.15, -0.1) is 0 Å². The highest BCUT2D eigenvalue weighted by molar-refractivity contribution is 6.37. The Labute approximate surface area is 163 Å². The van der Waals surface area contributed by atoms with Crippen LogP contribution in [-0.4, -0.2) is 17.9 Å². The third-order valence-corrected chi connectivity index (χ3v) is 4.19. The molecule has 0 atom stereocenters. The Morgan fingerprint density at radius 1 is 1.07 bits per heavy atom. The second-order valence-electron chi connectivity index (χ2n) is 5.55. The molecule has 7 nitrogen and oxygen atoms in total. The van der Waals surface area contributed by atoms with Crippen molar-refractivity contribution in [3.63, 3.8) is 0 Å². The summed E-state index contributed by atoms with van der Waals surface area (Å²) < 4.78 is 5.62. The molecule has 0 saturated carbocycles. The molecule has 0 bridgehead atoms. The summed E-state index contributed by atoms with van der Waals surface area (Å²) in [4.78, 5) is 33.4. The van der Waals surface area contributed by atoms with Crippen LogP contribution in [0.5, 0.6) is 5.75 Å². The number of urea groups is 1. The van der Waals surface area contributed by atoms with Crippen molar-refractivity contribution < 1.29 is 24.2 Å². The second kappa shape index (κ2) is 7.69. The fourth-order valence-electron chi connectivity index (χ4n) is 2.34. The van der Waals surface area contributed by atoms with Crippen molar-refractivity contribution in [3.05, 3.63) is 68.8 Å². The summed E-state index contributed by atoms with van der Waals surface area (Å²) >= 11 is 12.4. The van der Waals surface area contributed by atoms with Crippen LogP contribution in [0.2, 0.25) is 10.0 Å². The highest BCUT2D eigenvalue weighted by atomic mass is 35.5. The van der Waals surface area contributed by atoms with Crippen LogP contribution in [0, 0.1) is 0 Å². The van der Waals surface area contributed by atoms with Gasteiger partial charge < -0.3 is 20.0 Å². The van der Waals surface area contributed by atoms with E-state index in [9.17, 15) is 19.5 Å². The number of amides is 3. The maximum absolute atomic E-state index is 11.6. The first-order valence-corrected chi connectivity index (χ1v) is 8.35. The Hall–Kier alpha value is -3.03. The van der Waals surface area contributed by atoms with E-state index >= 15 is 0 Å². The van der Waals surface area contributed by atoms with Crippen LogP contribution >= 0.6 is 23.2 Å². The fourth-order valence-corrected chi connectivity index (χ4v) is 2.96. The van der Waals surface area contributed by atoms with Crippen LogP contribution in [0.15, 0.2) is 42.1 Å². The van der Waals surface area contributed by atoms with E-state index in [0.29, 0.717) is 11.1 Å². The molecule has 2 aromatic carbocycles. The van der Waals surface area contributed by atoms with Gasteiger partial charge >= 0.3 is 6.03 Å². The minimum absolute atomic E-state index is 0.0650. The van der Waals surface area contributed by atoms with Gasteiger partial charge in [-0.2, -0.15) is 0 Å². The molecule has 138 valence electrons. The van der Waals surface area contributed by atoms with Crippen LogP contribution in [0.25, 0.3) is 6.08 Å². The van der Waals surface area contributed by atoms with E-state index in [1.165, 1.54) is 30.3 Å².